The number of carbonyl (C=O) groups excluding carboxylic acids is 2. The third-order valence-corrected chi connectivity index (χ3v) is 5.36. The van der Waals surface area contributed by atoms with Crippen LogP contribution in [0.4, 0.5) is 5.69 Å². The first-order valence-corrected chi connectivity index (χ1v) is 9.81. The standard InChI is InChI=1S/C20H18N4O3S/c1-14-19(22-24(21-14)15-7-3-2-4-8-15)20(26)27-13-18(25)23-11-12-28-17-10-6-5-9-16(17)23/h2-10H,11-13H2,1H3. The summed E-state index contributed by atoms with van der Waals surface area (Å²) in [6, 6.07) is 17.0. The quantitative estimate of drug-likeness (QED) is 0.634. The maximum absolute atomic E-state index is 12.6. The van der Waals surface area contributed by atoms with Gasteiger partial charge in [-0.15, -0.1) is 16.9 Å². The van der Waals surface area contributed by atoms with Crippen LogP contribution in [0.15, 0.2) is 59.5 Å². The van der Waals surface area contributed by atoms with E-state index in [1.165, 1.54) is 4.80 Å². The predicted molar refractivity (Wildman–Crippen MR) is 106 cm³/mol. The van der Waals surface area contributed by atoms with Crippen molar-refractivity contribution in [2.45, 2.75) is 11.8 Å². The van der Waals surface area contributed by atoms with E-state index in [0.717, 1.165) is 22.0 Å². The lowest BCUT2D eigenvalue weighted by Gasteiger charge is -2.28. The smallest absolute Gasteiger partial charge is 0.361 e. The molecule has 1 aliphatic heterocycles. The number of nitrogens with zero attached hydrogens (tertiary/aromatic N) is 4. The topological polar surface area (TPSA) is 77.3 Å². The molecule has 0 aliphatic carbocycles. The Labute approximate surface area is 166 Å². The highest BCUT2D eigenvalue weighted by Gasteiger charge is 2.25. The normalized spacial score (nSPS) is 13.1. The Morgan fingerprint density at radius 2 is 1.82 bits per heavy atom. The van der Waals surface area contributed by atoms with Crippen LogP contribution in [0, 0.1) is 6.92 Å². The first kappa shape index (κ1) is 18.2. The minimum absolute atomic E-state index is 0.103. The Morgan fingerprint density at radius 3 is 2.64 bits per heavy atom. The summed E-state index contributed by atoms with van der Waals surface area (Å²) in [4.78, 5) is 29.1. The number of thioether (sulfide) groups is 1. The number of benzene rings is 2. The van der Waals surface area contributed by atoms with Crippen molar-refractivity contribution in [1.82, 2.24) is 15.0 Å². The minimum Gasteiger partial charge on any atom is -0.451 e. The highest BCUT2D eigenvalue weighted by molar-refractivity contribution is 7.99. The van der Waals surface area contributed by atoms with Crippen molar-refractivity contribution in [2.24, 2.45) is 0 Å². The van der Waals surface area contributed by atoms with Crippen LogP contribution >= 0.6 is 11.8 Å². The van der Waals surface area contributed by atoms with Crippen molar-refractivity contribution in [3.05, 3.63) is 66.0 Å². The summed E-state index contributed by atoms with van der Waals surface area (Å²) in [5.74, 6) is -0.108. The van der Waals surface area contributed by atoms with Gasteiger partial charge in [0.25, 0.3) is 5.91 Å². The highest BCUT2D eigenvalue weighted by atomic mass is 32.2. The number of aromatic nitrogens is 3. The second-order valence-corrected chi connectivity index (χ2v) is 7.33. The number of hydrogen-bond donors (Lipinski definition) is 0. The van der Waals surface area contributed by atoms with Gasteiger partial charge >= 0.3 is 5.97 Å². The lowest BCUT2D eigenvalue weighted by atomic mass is 10.2. The summed E-state index contributed by atoms with van der Waals surface area (Å²) in [6.07, 6.45) is 0. The first-order chi connectivity index (χ1) is 13.6. The van der Waals surface area contributed by atoms with E-state index in [1.807, 2.05) is 54.6 Å². The Hall–Kier alpha value is -3.13. The zero-order chi connectivity index (χ0) is 19.5. The van der Waals surface area contributed by atoms with Crippen LogP contribution in [-0.2, 0) is 9.53 Å². The number of aryl methyl sites for hydroxylation is 1. The molecule has 0 spiro atoms. The fourth-order valence-corrected chi connectivity index (χ4v) is 3.94. The molecule has 28 heavy (non-hydrogen) atoms. The summed E-state index contributed by atoms with van der Waals surface area (Å²) >= 11 is 1.71. The number of anilines is 1. The molecule has 7 nitrogen and oxygen atoms in total. The summed E-state index contributed by atoms with van der Waals surface area (Å²) in [5.41, 5.74) is 2.14. The Kier molecular flexibility index (Phi) is 5.12. The van der Waals surface area contributed by atoms with Crippen molar-refractivity contribution in [1.29, 1.82) is 0 Å². The fraction of sp³-hybridized carbons (Fsp3) is 0.200. The van der Waals surface area contributed by atoms with Gasteiger partial charge in [0, 0.05) is 17.2 Å². The molecule has 0 saturated carbocycles. The summed E-state index contributed by atoms with van der Waals surface area (Å²) in [5, 5.41) is 8.46. The van der Waals surface area contributed by atoms with Gasteiger partial charge in [-0.25, -0.2) is 4.79 Å². The van der Waals surface area contributed by atoms with E-state index < -0.39 is 5.97 Å². The lowest BCUT2D eigenvalue weighted by Crippen LogP contribution is -2.38. The number of carbonyl (C=O) groups is 2. The third-order valence-electron chi connectivity index (χ3n) is 4.32. The number of hydrogen-bond acceptors (Lipinski definition) is 6. The first-order valence-electron chi connectivity index (χ1n) is 8.82. The molecule has 0 bridgehead atoms. The van der Waals surface area contributed by atoms with Crippen LogP contribution in [0.5, 0.6) is 0 Å². The van der Waals surface area contributed by atoms with Gasteiger partial charge < -0.3 is 9.64 Å². The molecule has 2 aromatic carbocycles. The highest BCUT2D eigenvalue weighted by Crippen LogP contribution is 2.34. The molecule has 8 heteroatoms. The van der Waals surface area contributed by atoms with Crippen molar-refractivity contribution in [3.63, 3.8) is 0 Å². The van der Waals surface area contributed by atoms with Crippen molar-refractivity contribution in [2.75, 3.05) is 23.8 Å². The van der Waals surface area contributed by atoms with Gasteiger partial charge in [0.2, 0.25) is 0 Å². The van der Waals surface area contributed by atoms with E-state index in [0.29, 0.717) is 12.2 Å². The summed E-state index contributed by atoms with van der Waals surface area (Å²) in [7, 11) is 0. The maximum atomic E-state index is 12.6. The van der Waals surface area contributed by atoms with E-state index in [2.05, 4.69) is 10.2 Å². The van der Waals surface area contributed by atoms with Gasteiger partial charge in [-0.05, 0) is 31.2 Å². The Bertz CT molecular complexity index is 1020. The van der Waals surface area contributed by atoms with E-state index in [-0.39, 0.29) is 18.2 Å². The van der Waals surface area contributed by atoms with Crippen molar-refractivity contribution in [3.8, 4) is 5.69 Å². The molecule has 1 aromatic heterocycles. The van der Waals surface area contributed by atoms with Crippen LogP contribution in [0.25, 0.3) is 5.69 Å². The van der Waals surface area contributed by atoms with E-state index in [4.69, 9.17) is 4.74 Å². The van der Waals surface area contributed by atoms with Gasteiger partial charge in [0.1, 0.15) is 0 Å². The van der Waals surface area contributed by atoms with Gasteiger partial charge in [-0.3, -0.25) is 4.79 Å². The second-order valence-electron chi connectivity index (χ2n) is 6.20. The maximum Gasteiger partial charge on any atom is 0.361 e. The number of esters is 1. The number of rotatable bonds is 4. The predicted octanol–water partition coefficient (Wildman–Crippen LogP) is 2.87. The molecular formula is C20H18N4O3S. The molecule has 0 unspecified atom stereocenters. The molecular weight excluding hydrogens is 376 g/mol. The largest absolute Gasteiger partial charge is 0.451 e. The lowest BCUT2D eigenvalue weighted by molar-refractivity contribution is -0.121. The molecule has 4 rings (SSSR count). The van der Waals surface area contributed by atoms with Crippen LogP contribution in [0.3, 0.4) is 0 Å². The molecule has 0 atom stereocenters. The van der Waals surface area contributed by atoms with Crippen LogP contribution in [0.1, 0.15) is 16.2 Å². The van der Waals surface area contributed by atoms with E-state index >= 15 is 0 Å². The fourth-order valence-electron chi connectivity index (χ4n) is 2.95. The van der Waals surface area contributed by atoms with Crippen LogP contribution in [0.2, 0.25) is 0 Å². The molecule has 3 aromatic rings. The molecule has 1 amide bonds. The van der Waals surface area contributed by atoms with Crippen molar-refractivity contribution >= 4 is 29.3 Å². The van der Waals surface area contributed by atoms with E-state index in [1.54, 1.807) is 23.6 Å². The Morgan fingerprint density at radius 1 is 1.07 bits per heavy atom. The zero-order valence-electron chi connectivity index (χ0n) is 15.2. The van der Waals surface area contributed by atoms with Crippen LogP contribution in [-0.4, -0.2) is 45.8 Å². The average molecular weight is 394 g/mol. The molecule has 2 heterocycles. The SMILES string of the molecule is Cc1nn(-c2ccccc2)nc1C(=O)OCC(=O)N1CCSc2ccccc21. The molecule has 0 N–H and O–H groups in total. The van der Waals surface area contributed by atoms with E-state index in [9.17, 15) is 9.59 Å². The van der Waals surface area contributed by atoms with Gasteiger partial charge in [0.15, 0.2) is 12.3 Å². The van der Waals surface area contributed by atoms with Gasteiger partial charge in [-0.2, -0.15) is 9.90 Å². The summed E-state index contributed by atoms with van der Waals surface area (Å²) < 4.78 is 5.24. The van der Waals surface area contributed by atoms with Gasteiger partial charge in [0.05, 0.1) is 17.1 Å². The summed E-state index contributed by atoms with van der Waals surface area (Å²) in [6.45, 7) is 1.93. The number of ether oxygens (including phenoxy) is 1. The number of fused-ring (bicyclic) bond motifs is 1. The molecule has 1 aliphatic rings. The zero-order valence-corrected chi connectivity index (χ0v) is 16.1. The molecule has 0 saturated heterocycles. The van der Waals surface area contributed by atoms with Crippen LogP contribution < -0.4 is 4.90 Å². The minimum atomic E-state index is -0.660. The number of amides is 1. The second kappa shape index (κ2) is 7.85. The molecule has 142 valence electrons. The molecule has 0 radical (unpaired) electrons. The van der Waals surface area contributed by atoms with Gasteiger partial charge in [-0.1, -0.05) is 30.3 Å². The monoisotopic (exact) mass is 394 g/mol. The average Bonchev–Trinajstić information content (AvgIpc) is 3.14. The third kappa shape index (κ3) is 3.63. The number of para-hydroxylation sites is 2. The molecule has 0 fully saturated rings. The Balaban J connectivity index is 1.44. The van der Waals surface area contributed by atoms with Crippen molar-refractivity contribution < 1.29 is 14.3 Å².